The van der Waals surface area contributed by atoms with Crippen molar-refractivity contribution in [1.82, 2.24) is 4.98 Å². The fourth-order valence-electron chi connectivity index (χ4n) is 1.49. The fraction of sp³-hybridized carbons (Fsp3) is 0.0769. The van der Waals surface area contributed by atoms with Crippen molar-refractivity contribution in [3.05, 3.63) is 52.1 Å². The maximum Gasteiger partial charge on any atom is 0.417 e. The number of carbonyl (C=O) groups excluding carboxylic acids is 1. The molecule has 1 aromatic carbocycles. The molecule has 0 atom stereocenters. The summed E-state index contributed by atoms with van der Waals surface area (Å²) in [7, 11) is 0. The van der Waals surface area contributed by atoms with Crippen LogP contribution in [0.1, 0.15) is 5.56 Å². The number of nitrogens with one attached hydrogen (secondary N) is 2. The lowest BCUT2D eigenvalue weighted by molar-refractivity contribution is -0.137. The Labute approximate surface area is 133 Å². The molecule has 2 rings (SSSR count). The highest BCUT2D eigenvalue weighted by atomic mass is 35.5. The summed E-state index contributed by atoms with van der Waals surface area (Å²) in [6, 6.07) is 6.25. The molecule has 1 heterocycles. The van der Waals surface area contributed by atoms with Crippen LogP contribution in [-0.4, -0.2) is 11.0 Å². The Morgan fingerprint density at radius 1 is 1.09 bits per heavy atom. The number of benzene rings is 1. The van der Waals surface area contributed by atoms with Crippen molar-refractivity contribution in [1.29, 1.82) is 0 Å². The normalized spacial score (nSPS) is 11.1. The van der Waals surface area contributed by atoms with Gasteiger partial charge in [0.05, 0.1) is 10.6 Å². The van der Waals surface area contributed by atoms with E-state index in [1.807, 2.05) is 0 Å². The molecule has 0 aliphatic heterocycles. The molecule has 2 N–H and O–H groups in total. The zero-order chi connectivity index (χ0) is 16.3. The number of hydrogen-bond acceptors (Lipinski definition) is 2. The number of aromatic nitrogens is 1. The number of amides is 2. The van der Waals surface area contributed by atoms with Gasteiger partial charge >= 0.3 is 12.2 Å². The summed E-state index contributed by atoms with van der Waals surface area (Å²) < 4.78 is 37.4. The van der Waals surface area contributed by atoms with Crippen LogP contribution >= 0.6 is 23.2 Å². The van der Waals surface area contributed by atoms with Crippen LogP contribution < -0.4 is 10.6 Å². The molecule has 22 heavy (non-hydrogen) atoms. The van der Waals surface area contributed by atoms with E-state index in [1.165, 1.54) is 0 Å². The Bertz CT molecular complexity index is 690. The van der Waals surface area contributed by atoms with Crippen LogP contribution in [0.25, 0.3) is 0 Å². The molecule has 1 aromatic heterocycles. The Hall–Kier alpha value is -1.99. The second kappa shape index (κ2) is 6.41. The molecule has 0 spiro atoms. The zero-order valence-corrected chi connectivity index (χ0v) is 12.2. The largest absolute Gasteiger partial charge is 0.417 e. The summed E-state index contributed by atoms with van der Waals surface area (Å²) in [5, 5.41) is 4.90. The van der Waals surface area contributed by atoms with Crippen molar-refractivity contribution in [2.45, 2.75) is 6.18 Å². The second-order valence-electron chi connectivity index (χ2n) is 4.14. The summed E-state index contributed by atoms with van der Waals surface area (Å²) in [4.78, 5) is 15.2. The molecular weight excluding hydrogens is 342 g/mol. The van der Waals surface area contributed by atoms with Gasteiger partial charge in [-0.3, -0.25) is 5.32 Å². The van der Waals surface area contributed by atoms with Crippen LogP contribution in [0.5, 0.6) is 0 Å². The van der Waals surface area contributed by atoms with Crippen LogP contribution in [-0.2, 0) is 6.18 Å². The molecule has 0 radical (unpaired) electrons. The van der Waals surface area contributed by atoms with Gasteiger partial charge in [0.2, 0.25) is 0 Å². The Balaban J connectivity index is 2.07. The van der Waals surface area contributed by atoms with Crippen molar-refractivity contribution < 1.29 is 18.0 Å². The maximum atomic E-state index is 12.5. The predicted molar refractivity (Wildman–Crippen MR) is 78.3 cm³/mol. The van der Waals surface area contributed by atoms with Crippen LogP contribution in [0.4, 0.5) is 29.5 Å². The van der Waals surface area contributed by atoms with E-state index < -0.39 is 17.8 Å². The first kappa shape index (κ1) is 16.4. The summed E-state index contributed by atoms with van der Waals surface area (Å²) >= 11 is 11.4. The van der Waals surface area contributed by atoms with Crippen molar-refractivity contribution >= 4 is 40.7 Å². The predicted octanol–water partition coefficient (Wildman–Crippen LogP) is 5.05. The minimum Gasteiger partial charge on any atom is -0.308 e. The number of rotatable bonds is 2. The molecule has 0 bridgehead atoms. The van der Waals surface area contributed by atoms with Crippen molar-refractivity contribution in [3.63, 3.8) is 0 Å². The topological polar surface area (TPSA) is 54.0 Å². The fourth-order valence-corrected chi connectivity index (χ4v) is 1.83. The molecule has 2 aromatic rings. The Morgan fingerprint density at radius 2 is 1.73 bits per heavy atom. The van der Waals surface area contributed by atoms with Gasteiger partial charge in [-0.25, -0.2) is 9.78 Å². The summed E-state index contributed by atoms with van der Waals surface area (Å²) in [5.74, 6) is -0.180. The second-order valence-corrected chi connectivity index (χ2v) is 4.98. The van der Waals surface area contributed by atoms with E-state index in [4.69, 9.17) is 23.2 Å². The van der Waals surface area contributed by atoms with Crippen molar-refractivity contribution in [3.8, 4) is 0 Å². The van der Waals surface area contributed by atoms with Gasteiger partial charge in [0.15, 0.2) is 5.82 Å². The van der Waals surface area contributed by atoms with E-state index in [0.717, 1.165) is 0 Å². The van der Waals surface area contributed by atoms with Gasteiger partial charge in [0.1, 0.15) is 0 Å². The van der Waals surface area contributed by atoms with Crippen molar-refractivity contribution in [2.75, 3.05) is 10.6 Å². The summed E-state index contributed by atoms with van der Waals surface area (Å²) in [6.45, 7) is 0. The van der Waals surface area contributed by atoms with E-state index >= 15 is 0 Å². The van der Waals surface area contributed by atoms with Gasteiger partial charge in [-0.15, -0.1) is 0 Å². The van der Waals surface area contributed by atoms with E-state index in [-0.39, 0.29) is 10.8 Å². The summed E-state index contributed by atoms with van der Waals surface area (Å²) in [5.41, 5.74) is -0.550. The SMILES string of the molecule is O=C(Nc1ccc(Cl)cc1)Nc1ncc(C(F)(F)F)cc1Cl. The Kier molecular flexibility index (Phi) is 4.77. The molecule has 2 amide bonds. The summed E-state index contributed by atoms with van der Waals surface area (Å²) in [6.07, 6.45) is -3.97. The first-order chi connectivity index (χ1) is 10.3. The molecule has 116 valence electrons. The van der Waals surface area contributed by atoms with Crippen molar-refractivity contribution in [2.24, 2.45) is 0 Å². The maximum absolute atomic E-state index is 12.5. The quantitative estimate of drug-likeness (QED) is 0.796. The number of carbonyl (C=O) groups is 1. The minimum atomic E-state index is -4.55. The van der Waals surface area contributed by atoms with Gasteiger partial charge in [-0.2, -0.15) is 13.2 Å². The molecular formula is C13H8Cl2F3N3O. The van der Waals surface area contributed by atoms with E-state index in [0.29, 0.717) is 23.0 Å². The van der Waals surface area contributed by atoms with E-state index in [9.17, 15) is 18.0 Å². The third-order valence-corrected chi connectivity index (χ3v) is 3.04. The van der Waals surface area contributed by atoms with E-state index in [1.54, 1.807) is 24.3 Å². The molecule has 0 saturated carbocycles. The molecule has 4 nitrogen and oxygen atoms in total. The highest BCUT2D eigenvalue weighted by Gasteiger charge is 2.31. The minimum absolute atomic E-state index is 0.180. The molecule has 0 aliphatic rings. The number of halogens is 5. The van der Waals surface area contributed by atoms with Gasteiger partial charge in [-0.1, -0.05) is 23.2 Å². The standard InChI is InChI=1S/C13H8Cl2F3N3O/c14-8-1-3-9(4-2-8)20-12(22)21-11-10(15)5-7(6-19-11)13(16,17)18/h1-6H,(H2,19,20,21,22). The van der Waals surface area contributed by atoms with Gasteiger partial charge in [0.25, 0.3) is 0 Å². The third-order valence-electron chi connectivity index (χ3n) is 2.50. The van der Waals surface area contributed by atoms with Crippen LogP contribution in [0.2, 0.25) is 10.0 Å². The first-order valence-corrected chi connectivity index (χ1v) is 6.57. The number of pyridine rings is 1. The monoisotopic (exact) mass is 349 g/mol. The smallest absolute Gasteiger partial charge is 0.308 e. The zero-order valence-electron chi connectivity index (χ0n) is 10.7. The Morgan fingerprint density at radius 3 is 2.27 bits per heavy atom. The lowest BCUT2D eigenvalue weighted by Crippen LogP contribution is -2.20. The van der Waals surface area contributed by atoms with Gasteiger partial charge < -0.3 is 5.32 Å². The number of hydrogen-bond donors (Lipinski definition) is 2. The number of alkyl halides is 3. The lowest BCUT2D eigenvalue weighted by Gasteiger charge is -2.11. The molecule has 0 fully saturated rings. The van der Waals surface area contributed by atoms with E-state index in [2.05, 4.69) is 15.6 Å². The lowest BCUT2D eigenvalue weighted by atomic mass is 10.3. The van der Waals surface area contributed by atoms with Gasteiger partial charge in [-0.05, 0) is 30.3 Å². The molecule has 0 saturated heterocycles. The number of urea groups is 1. The third kappa shape index (κ3) is 4.25. The molecule has 0 unspecified atom stereocenters. The van der Waals surface area contributed by atoms with Crippen LogP contribution in [0, 0.1) is 0 Å². The van der Waals surface area contributed by atoms with Crippen LogP contribution in [0.15, 0.2) is 36.5 Å². The van der Waals surface area contributed by atoms with Crippen LogP contribution in [0.3, 0.4) is 0 Å². The average Bonchev–Trinajstić information content (AvgIpc) is 2.42. The number of anilines is 2. The highest BCUT2D eigenvalue weighted by molar-refractivity contribution is 6.33. The number of nitrogens with zero attached hydrogens (tertiary/aromatic N) is 1. The average molecular weight is 350 g/mol. The first-order valence-electron chi connectivity index (χ1n) is 5.82. The van der Waals surface area contributed by atoms with Gasteiger partial charge in [0, 0.05) is 16.9 Å². The highest BCUT2D eigenvalue weighted by Crippen LogP contribution is 2.32. The molecule has 9 heteroatoms. The molecule has 0 aliphatic carbocycles.